The van der Waals surface area contributed by atoms with Gasteiger partial charge in [-0.25, -0.2) is 0 Å². The molecule has 0 aliphatic carbocycles. The third-order valence-corrected chi connectivity index (χ3v) is 4.70. The lowest BCUT2D eigenvalue weighted by atomic mass is 10.2. The zero-order chi connectivity index (χ0) is 18.4. The van der Waals surface area contributed by atoms with Crippen LogP contribution in [0.1, 0.15) is 17.0 Å². The van der Waals surface area contributed by atoms with Crippen molar-refractivity contribution in [3.63, 3.8) is 0 Å². The molecule has 1 heterocycles. The Bertz CT molecular complexity index is 863. The first-order valence-electron chi connectivity index (χ1n) is 8.18. The van der Waals surface area contributed by atoms with Crippen LogP contribution in [-0.2, 0) is 17.9 Å². The maximum Gasteiger partial charge on any atom is 0.227 e. The van der Waals surface area contributed by atoms with Crippen LogP contribution >= 0.6 is 11.8 Å². The van der Waals surface area contributed by atoms with Gasteiger partial charge in [-0.3, -0.25) is 9.36 Å². The van der Waals surface area contributed by atoms with E-state index in [2.05, 4.69) is 10.2 Å². The Kier molecular flexibility index (Phi) is 5.91. The maximum atomic E-state index is 11.1. The first-order valence-corrected chi connectivity index (χ1v) is 9.17. The molecule has 0 saturated carbocycles. The second kappa shape index (κ2) is 8.53. The van der Waals surface area contributed by atoms with Crippen molar-refractivity contribution in [2.75, 3.05) is 5.75 Å². The van der Waals surface area contributed by atoms with Gasteiger partial charge in [-0.2, -0.15) is 0 Å². The van der Waals surface area contributed by atoms with Crippen molar-refractivity contribution in [1.29, 1.82) is 0 Å². The summed E-state index contributed by atoms with van der Waals surface area (Å²) in [5.41, 5.74) is 7.55. The summed E-state index contributed by atoms with van der Waals surface area (Å²) in [4.78, 5) is 11.1. The van der Waals surface area contributed by atoms with E-state index in [9.17, 15) is 4.79 Å². The average molecular weight is 368 g/mol. The van der Waals surface area contributed by atoms with Crippen molar-refractivity contribution in [2.45, 2.75) is 25.2 Å². The van der Waals surface area contributed by atoms with Crippen LogP contribution in [0.15, 0.2) is 59.8 Å². The van der Waals surface area contributed by atoms with Crippen molar-refractivity contribution in [3.05, 3.63) is 71.5 Å². The highest BCUT2D eigenvalue weighted by Crippen LogP contribution is 2.20. The number of hydrogen-bond acceptors (Lipinski definition) is 5. The molecule has 0 aliphatic rings. The number of carbonyl (C=O) groups excluding carboxylic acids is 1. The average Bonchev–Trinajstić information content (AvgIpc) is 3.02. The van der Waals surface area contributed by atoms with Crippen LogP contribution in [0, 0.1) is 6.92 Å². The van der Waals surface area contributed by atoms with E-state index in [4.69, 9.17) is 10.5 Å². The molecule has 0 bridgehead atoms. The van der Waals surface area contributed by atoms with Crippen molar-refractivity contribution in [1.82, 2.24) is 14.8 Å². The number of rotatable bonds is 8. The number of aryl methyl sites for hydroxylation is 1. The Labute approximate surface area is 156 Å². The summed E-state index contributed by atoms with van der Waals surface area (Å²) >= 11 is 1.28. The van der Waals surface area contributed by atoms with Crippen molar-refractivity contribution < 1.29 is 9.53 Å². The van der Waals surface area contributed by atoms with Crippen LogP contribution in [0.25, 0.3) is 0 Å². The fourth-order valence-electron chi connectivity index (χ4n) is 2.38. The van der Waals surface area contributed by atoms with Gasteiger partial charge in [-0.15, -0.1) is 10.2 Å². The zero-order valence-electron chi connectivity index (χ0n) is 14.5. The van der Waals surface area contributed by atoms with Gasteiger partial charge in [0.15, 0.2) is 11.0 Å². The quantitative estimate of drug-likeness (QED) is 0.618. The number of ether oxygens (including phenoxy) is 1. The zero-order valence-corrected chi connectivity index (χ0v) is 15.3. The standard InChI is InChI=1S/C19H20N4O2S/c1-14-7-9-16(10-8-14)25-12-18-21-22-19(26-13-17(20)24)23(18)11-15-5-3-2-4-6-15/h2-10H,11-13H2,1H3,(H2,20,24). The molecule has 0 unspecified atom stereocenters. The Balaban J connectivity index is 1.78. The van der Waals surface area contributed by atoms with Gasteiger partial charge in [0.1, 0.15) is 12.4 Å². The van der Waals surface area contributed by atoms with Gasteiger partial charge in [0, 0.05) is 0 Å². The normalized spacial score (nSPS) is 10.7. The predicted octanol–water partition coefficient (Wildman–Crippen LogP) is 2.79. The SMILES string of the molecule is Cc1ccc(OCc2nnc(SCC(N)=O)n2Cc2ccccc2)cc1. The molecule has 3 rings (SSSR count). The van der Waals surface area contributed by atoms with Crippen molar-refractivity contribution in [2.24, 2.45) is 5.73 Å². The van der Waals surface area contributed by atoms with E-state index >= 15 is 0 Å². The van der Waals surface area contributed by atoms with Crippen LogP contribution in [0.5, 0.6) is 5.75 Å². The first-order chi connectivity index (χ1) is 12.6. The monoisotopic (exact) mass is 368 g/mol. The molecule has 0 radical (unpaired) electrons. The van der Waals surface area contributed by atoms with E-state index in [-0.39, 0.29) is 11.7 Å². The lowest BCUT2D eigenvalue weighted by molar-refractivity contribution is -0.115. The second-order valence-electron chi connectivity index (χ2n) is 5.83. The molecule has 2 aromatic carbocycles. The van der Waals surface area contributed by atoms with Crippen LogP contribution in [-0.4, -0.2) is 26.4 Å². The van der Waals surface area contributed by atoms with Crippen LogP contribution in [0.4, 0.5) is 0 Å². The van der Waals surface area contributed by atoms with E-state index in [0.29, 0.717) is 24.1 Å². The molecule has 0 aliphatic heterocycles. The maximum absolute atomic E-state index is 11.1. The summed E-state index contributed by atoms with van der Waals surface area (Å²) in [5.74, 6) is 1.24. The molecule has 6 nitrogen and oxygen atoms in total. The highest BCUT2D eigenvalue weighted by molar-refractivity contribution is 7.99. The molecule has 26 heavy (non-hydrogen) atoms. The Morgan fingerprint density at radius 2 is 1.85 bits per heavy atom. The third-order valence-electron chi connectivity index (χ3n) is 3.71. The number of carbonyl (C=O) groups is 1. The molecular formula is C19H20N4O2S. The van der Waals surface area contributed by atoms with E-state index < -0.39 is 0 Å². The van der Waals surface area contributed by atoms with Gasteiger partial charge in [-0.1, -0.05) is 59.8 Å². The van der Waals surface area contributed by atoms with Gasteiger partial charge < -0.3 is 10.5 Å². The Morgan fingerprint density at radius 3 is 2.54 bits per heavy atom. The van der Waals surface area contributed by atoms with Gasteiger partial charge in [-0.05, 0) is 24.6 Å². The molecule has 0 fully saturated rings. The van der Waals surface area contributed by atoms with E-state index in [0.717, 1.165) is 11.3 Å². The van der Waals surface area contributed by atoms with Crippen LogP contribution < -0.4 is 10.5 Å². The summed E-state index contributed by atoms with van der Waals surface area (Å²) in [6, 6.07) is 17.9. The molecule has 1 amide bonds. The van der Waals surface area contributed by atoms with E-state index in [1.807, 2.05) is 66.1 Å². The lowest BCUT2D eigenvalue weighted by Crippen LogP contribution is -2.14. The molecule has 3 aromatic rings. The highest BCUT2D eigenvalue weighted by Gasteiger charge is 2.14. The molecule has 134 valence electrons. The molecule has 0 spiro atoms. The fourth-order valence-corrected chi connectivity index (χ4v) is 3.07. The van der Waals surface area contributed by atoms with E-state index in [1.54, 1.807) is 0 Å². The topological polar surface area (TPSA) is 83.0 Å². The summed E-state index contributed by atoms with van der Waals surface area (Å²) in [6.07, 6.45) is 0. The smallest absolute Gasteiger partial charge is 0.227 e. The molecule has 1 aromatic heterocycles. The van der Waals surface area contributed by atoms with Crippen molar-refractivity contribution in [3.8, 4) is 5.75 Å². The number of aromatic nitrogens is 3. The molecule has 0 saturated heterocycles. The number of nitrogens with two attached hydrogens (primary N) is 1. The minimum absolute atomic E-state index is 0.158. The lowest BCUT2D eigenvalue weighted by Gasteiger charge is -2.11. The summed E-state index contributed by atoms with van der Waals surface area (Å²) in [7, 11) is 0. The summed E-state index contributed by atoms with van der Waals surface area (Å²) in [5, 5.41) is 9.08. The first kappa shape index (κ1) is 18.0. The number of nitrogens with zero attached hydrogens (tertiary/aromatic N) is 3. The van der Waals surface area contributed by atoms with Crippen LogP contribution in [0.3, 0.4) is 0 Å². The number of primary amides is 1. The summed E-state index contributed by atoms with van der Waals surface area (Å²) < 4.78 is 7.80. The van der Waals surface area contributed by atoms with Gasteiger partial charge in [0.2, 0.25) is 5.91 Å². The molecule has 0 atom stereocenters. The predicted molar refractivity (Wildman–Crippen MR) is 101 cm³/mol. The third kappa shape index (κ3) is 4.86. The molecule has 2 N–H and O–H groups in total. The van der Waals surface area contributed by atoms with Gasteiger partial charge in [0.25, 0.3) is 0 Å². The molecule has 7 heteroatoms. The minimum atomic E-state index is -0.387. The van der Waals surface area contributed by atoms with Crippen molar-refractivity contribution >= 4 is 17.7 Å². The Morgan fingerprint density at radius 1 is 1.12 bits per heavy atom. The Hall–Kier alpha value is -2.80. The molecular weight excluding hydrogens is 348 g/mol. The number of thioether (sulfide) groups is 1. The second-order valence-corrected chi connectivity index (χ2v) is 6.77. The van der Waals surface area contributed by atoms with Gasteiger partial charge >= 0.3 is 0 Å². The largest absolute Gasteiger partial charge is 0.486 e. The minimum Gasteiger partial charge on any atom is -0.486 e. The fraction of sp³-hybridized carbons (Fsp3) is 0.211. The van der Waals surface area contributed by atoms with Crippen LogP contribution in [0.2, 0.25) is 0 Å². The summed E-state index contributed by atoms with van der Waals surface area (Å²) in [6.45, 7) is 2.92. The number of benzene rings is 2. The number of amides is 1. The van der Waals surface area contributed by atoms with E-state index in [1.165, 1.54) is 17.3 Å². The highest BCUT2D eigenvalue weighted by atomic mass is 32.2. The van der Waals surface area contributed by atoms with Gasteiger partial charge in [0.05, 0.1) is 12.3 Å². The number of hydrogen-bond donors (Lipinski definition) is 1.